The number of ether oxygens (including phenoxy) is 1. The molecule has 6 nitrogen and oxygen atoms in total. The normalized spacial score (nSPS) is 11.7. The summed E-state index contributed by atoms with van der Waals surface area (Å²) in [7, 11) is 1.56. The molecule has 0 aliphatic rings. The lowest BCUT2D eigenvalue weighted by molar-refractivity contribution is -0.138. The Morgan fingerprint density at radius 2 is 2.00 bits per heavy atom. The van der Waals surface area contributed by atoms with E-state index in [0.29, 0.717) is 11.4 Å². The van der Waals surface area contributed by atoms with Gasteiger partial charge in [-0.25, -0.2) is 0 Å². The maximum Gasteiger partial charge on any atom is 0.320 e. The second-order valence-electron chi connectivity index (χ2n) is 3.76. The molecule has 1 aromatic rings. The van der Waals surface area contributed by atoms with Crippen LogP contribution in [0, 0.1) is 0 Å². The first-order valence-corrected chi connectivity index (χ1v) is 5.45. The number of carbonyl (C=O) groups excluding carboxylic acids is 1. The van der Waals surface area contributed by atoms with Crippen LogP contribution in [-0.2, 0) is 9.59 Å². The number of benzene rings is 1. The van der Waals surface area contributed by atoms with Gasteiger partial charge >= 0.3 is 5.97 Å². The van der Waals surface area contributed by atoms with Crippen molar-refractivity contribution in [2.45, 2.75) is 18.9 Å². The lowest BCUT2D eigenvalue weighted by Crippen LogP contribution is -2.31. The van der Waals surface area contributed by atoms with E-state index >= 15 is 0 Å². The van der Waals surface area contributed by atoms with E-state index in [1.165, 1.54) is 0 Å². The highest BCUT2D eigenvalue weighted by molar-refractivity contribution is 5.91. The zero-order valence-corrected chi connectivity index (χ0v) is 10.1. The summed E-state index contributed by atoms with van der Waals surface area (Å²) in [6, 6.07) is 5.84. The molecule has 0 heterocycles. The molecule has 98 valence electrons. The predicted octanol–water partition coefficient (Wildman–Crippen LogP) is 0.826. The van der Waals surface area contributed by atoms with Gasteiger partial charge in [0.25, 0.3) is 0 Å². The molecule has 0 fully saturated rings. The van der Waals surface area contributed by atoms with Gasteiger partial charge in [-0.2, -0.15) is 0 Å². The van der Waals surface area contributed by atoms with Crippen molar-refractivity contribution in [2.24, 2.45) is 5.73 Å². The van der Waals surface area contributed by atoms with Crippen LogP contribution in [0.3, 0.4) is 0 Å². The number of aliphatic carboxylic acids is 1. The number of nitrogens with two attached hydrogens (primary N) is 1. The van der Waals surface area contributed by atoms with E-state index in [-0.39, 0.29) is 18.7 Å². The molecule has 0 saturated carbocycles. The fourth-order valence-corrected chi connectivity index (χ4v) is 1.31. The Labute approximate surface area is 105 Å². The van der Waals surface area contributed by atoms with Gasteiger partial charge in [-0.05, 0) is 30.7 Å². The van der Waals surface area contributed by atoms with Gasteiger partial charge in [0.15, 0.2) is 0 Å². The first kappa shape index (κ1) is 14.0. The zero-order valence-electron chi connectivity index (χ0n) is 10.1. The first-order chi connectivity index (χ1) is 8.52. The van der Waals surface area contributed by atoms with Gasteiger partial charge in [0.2, 0.25) is 5.91 Å². The molecular weight excluding hydrogens is 236 g/mol. The quantitative estimate of drug-likeness (QED) is 0.696. The second-order valence-corrected chi connectivity index (χ2v) is 3.76. The van der Waals surface area contributed by atoms with Crippen molar-refractivity contribution in [1.29, 1.82) is 0 Å². The third-order valence-electron chi connectivity index (χ3n) is 2.37. The summed E-state index contributed by atoms with van der Waals surface area (Å²) in [5, 5.41) is 11.2. The van der Waals surface area contributed by atoms with E-state index < -0.39 is 12.0 Å². The van der Waals surface area contributed by atoms with Crippen LogP contribution in [0.4, 0.5) is 5.69 Å². The van der Waals surface area contributed by atoms with E-state index in [4.69, 9.17) is 15.6 Å². The summed E-state index contributed by atoms with van der Waals surface area (Å²) in [6.45, 7) is 0. The largest absolute Gasteiger partial charge is 0.497 e. The third-order valence-corrected chi connectivity index (χ3v) is 2.37. The van der Waals surface area contributed by atoms with Gasteiger partial charge in [-0.15, -0.1) is 0 Å². The fourth-order valence-electron chi connectivity index (χ4n) is 1.31. The summed E-state index contributed by atoms with van der Waals surface area (Å²) < 4.78 is 4.98. The van der Waals surface area contributed by atoms with Gasteiger partial charge in [-0.1, -0.05) is 0 Å². The maximum absolute atomic E-state index is 11.5. The average molecular weight is 252 g/mol. The van der Waals surface area contributed by atoms with Crippen LogP contribution in [0.5, 0.6) is 5.75 Å². The first-order valence-electron chi connectivity index (χ1n) is 5.45. The number of rotatable bonds is 6. The number of nitrogens with one attached hydrogen (secondary N) is 1. The number of anilines is 1. The molecule has 1 aromatic carbocycles. The molecule has 0 saturated heterocycles. The molecule has 18 heavy (non-hydrogen) atoms. The minimum absolute atomic E-state index is 0.0689. The number of hydrogen-bond donors (Lipinski definition) is 3. The molecule has 0 aliphatic carbocycles. The number of carbonyl (C=O) groups is 2. The van der Waals surface area contributed by atoms with Crippen LogP contribution in [-0.4, -0.2) is 30.1 Å². The maximum atomic E-state index is 11.5. The minimum atomic E-state index is -1.10. The lowest BCUT2D eigenvalue weighted by Gasteiger charge is -2.08. The standard InChI is InChI=1S/C12H16N2O4/c1-18-9-4-2-8(3-5-9)14-11(15)7-6-10(13)12(16)17/h2-5,10H,6-7,13H2,1H3,(H,14,15)(H,16,17)/t10-/m0/s1. The molecule has 0 radical (unpaired) electrons. The Hall–Kier alpha value is -2.08. The van der Waals surface area contributed by atoms with Crippen molar-refractivity contribution in [3.8, 4) is 5.75 Å². The molecule has 4 N–H and O–H groups in total. The summed E-state index contributed by atoms with van der Waals surface area (Å²) in [4.78, 5) is 22.0. The van der Waals surface area contributed by atoms with Gasteiger partial charge in [0, 0.05) is 12.1 Å². The van der Waals surface area contributed by atoms with Crippen molar-refractivity contribution in [3.05, 3.63) is 24.3 Å². The highest BCUT2D eigenvalue weighted by Crippen LogP contribution is 2.15. The Balaban J connectivity index is 2.42. The average Bonchev–Trinajstić information content (AvgIpc) is 2.36. The Morgan fingerprint density at radius 1 is 1.39 bits per heavy atom. The van der Waals surface area contributed by atoms with Crippen LogP contribution in [0.15, 0.2) is 24.3 Å². The van der Waals surface area contributed by atoms with E-state index in [1.54, 1.807) is 31.4 Å². The smallest absolute Gasteiger partial charge is 0.320 e. The summed E-state index contributed by atoms with van der Waals surface area (Å²) in [6.07, 6.45) is 0.177. The third kappa shape index (κ3) is 4.42. The number of amides is 1. The molecule has 1 amide bonds. The van der Waals surface area contributed by atoms with Crippen molar-refractivity contribution in [2.75, 3.05) is 12.4 Å². The lowest BCUT2D eigenvalue weighted by atomic mass is 10.1. The Bertz CT molecular complexity index is 417. The number of methoxy groups -OCH3 is 1. The van der Waals surface area contributed by atoms with Crippen molar-refractivity contribution >= 4 is 17.6 Å². The van der Waals surface area contributed by atoms with E-state index in [0.717, 1.165) is 0 Å². The van der Waals surface area contributed by atoms with Crippen molar-refractivity contribution in [1.82, 2.24) is 0 Å². The minimum Gasteiger partial charge on any atom is -0.497 e. The summed E-state index contributed by atoms with van der Waals surface area (Å²) in [5.74, 6) is -0.676. The highest BCUT2D eigenvalue weighted by Gasteiger charge is 2.13. The van der Waals surface area contributed by atoms with E-state index in [1.807, 2.05) is 0 Å². The monoisotopic (exact) mass is 252 g/mol. The van der Waals surface area contributed by atoms with Gasteiger partial charge < -0.3 is 20.9 Å². The van der Waals surface area contributed by atoms with E-state index in [2.05, 4.69) is 5.32 Å². The van der Waals surface area contributed by atoms with Gasteiger partial charge in [-0.3, -0.25) is 9.59 Å². The molecule has 0 bridgehead atoms. The van der Waals surface area contributed by atoms with Crippen LogP contribution in [0.1, 0.15) is 12.8 Å². The number of hydrogen-bond acceptors (Lipinski definition) is 4. The molecule has 0 unspecified atom stereocenters. The molecule has 1 rings (SSSR count). The van der Waals surface area contributed by atoms with Crippen LogP contribution in [0.25, 0.3) is 0 Å². The SMILES string of the molecule is COc1ccc(NC(=O)CC[C@H](N)C(=O)O)cc1. The van der Waals surface area contributed by atoms with Crippen molar-refractivity contribution < 1.29 is 19.4 Å². The van der Waals surface area contributed by atoms with Gasteiger partial charge in [0.1, 0.15) is 11.8 Å². The van der Waals surface area contributed by atoms with Crippen molar-refractivity contribution in [3.63, 3.8) is 0 Å². The Kier molecular flexibility index (Phi) is 5.13. The molecule has 0 aromatic heterocycles. The fraction of sp³-hybridized carbons (Fsp3) is 0.333. The highest BCUT2D eigenvalue weighted by atomic mass is 16.5. The second kappa shape index (κ2) is 6.61. The molecule has 1 atom stereocenters. The predicted molar refractivity (Wildman–Crippen MR) is 66.5 cm³/mol. The van der Waals surface area contributed by atoms with Crippen LogP contribution >= 0.6 is 0 Å². The van der Waals surface area contributed by atoms with Crippen LogP contribution in [0.2, 0.25) is 0 Å². The number of carboxylic acid groups (broad SMARTS) is 1. The van der Waals surface area contributed by atoms with E-state index in [9.17, 15) is 9.59 Å². The molecular formula is C12H16N2O4. The van der Waals surface area contributed by atoms with Gasteiger partial charge in [0.05, 0.1) is 7.11 Å². The Morgan fingerprint density at radius 3 is 2.50 bits per heavy atom. The summed E-state index contributed by atoms with van der Waals surface area (Å²) >= 11 is 0. The summed E-state index contributed by atoms with van der Waals surface area (Å²) in [5.41, 5.74) is 5.93. The number of carboxylic acids is 1. The van der Waals surface area contributed by atoms with Crippen LogP contribution < -0.4 is 15.8 Å². The molecule has 0 spiro atoms. The zero-order chi connectivity index (χ0) is 13.5. The molecule has 6 heteroatoms. The topological polar surface area (TPSA) is 102 Å². The molecule has 0 aliphatic heterocycles.